The van der Waals surface area contributed by atoms with Gasteiger partial charge < -0.3 is 4.57 Å². The van der Waals surface area contributed by atoms with Crippen LogP contribution in [0.4, 0.5) is 0 Å². The molecule has 0 spiro atoms. The lowest BCUT2D eigenvalue weighted by atomic mass is 10.3. The van der Waals surface area contributed by atoms with Crippen molar-refractivity contribution in [3.05, 3.63) is 29.5 Å². The first-order valence-electron chi connectivity index (χ1n) is 3.85. The van der Waals surface area contributed by atoms with Crippen LogP contribution in [-0.2, 0) is 6.54 Å². The van der Waals surface area contributed by atoms with Gasteiger partial charge in [-0.05, 0) is 19.1 Å². The van der Waals surface area contributed by atoms with Crippen LogP contribution in [0.3, 0.4) is 0 Å². The number of halogens is 1. The van der Waals surface area contributed by atoms with E-state index in [0.717, 1.165) is 17.6 Å². The summed E-state index contributed by atoms with van der Waals surface area (Å²) in [4.78, 5) is 4.10. The third-order valence-electron chi connectivity index (χ3n) is 1.86. The molecule has 0 bridgehead atoms. The Kier molecular flexibility index (Phi) is 1.77. The second-order valence-corrected chi connectivity index (χ2v) is 2.97. The zero-order chi connectivity index (χ0) is 8.55. The molecule has 0 saturated heterocycles. The molecule has 1 aromatic carbocycles. The predicted molar refractivity (Wildman–Crippen MR) is 49.3 cm³/mol. The van der Waals surface area contributed by atoms with Crippen molar-refractivity contribution in [3.63, 3.8) is 0 Å². The molecule has 1 heterocycles. The summed E-state index contributed by atoms with van der Waals surface area (Å²) in [6.07, 6.45) is 2.89. The quantitative estimate of drug-likeness (QED) is 0.658. The van der Waals surface area contributed by atoms with Gasteiger partial charge in [0, 0.05) is 6.54 Å². The molecule has 2 nitrogen and oxygen atoms in total. The number of para-hydroxylation sites is 1. The van der Waals surface area contributed by atoms with E-state index in [1.54, 1.807) is 0 Å². The van der Waals surface area contributed by atoms with E-state index >= 15 is 0 Å². The van der Waals surface area contributed by atoms with Gasteiger partial charge in [0.05, 0.1) is 10.5 Å². The first-order chi connectivity index (χ1) is 5.83. The molecule has 0 aliphatic heterocycles. The highest BCUT2D eigenvalue weighted by molar-refractivity contribution is 6.34. The second kappa shape index (κ2) is 2.79. The fourth-order valence-electron chi connectivity index (χ4n) is 1.24. The van der Waals surface area contributed by atoms with Crippen molar-refractivity contribution in [2.45, 2.75) is 13.5 Å². The van der Waals surface area contributed by atoms with Crippen molar-refractivity contribution in [2.75, 3.05) is 0 Å². The van der Waals surface area contributed by atoms with Crippen LogP contribution >= 0.6 is 11.6 Å². The molecule has 0 unspecified atom stereocenters. The molecule has 0 aliphatic carbocycles. The highest BCUT2D eigenvalue weighted by Crippen LogP contribution is 2.20. The van der Waals surface area contributed by atoms with Crippen LogP contribution in [-0.4, -0.2) is 9.55 Å². The number of rotatable bonds is 1. The Bertz CT molecular complexity index is 406. The van der Waals surface area contributed by atoms with Crippen LogP contribution in [0, 0.1) is 6.33 Å². The molecular formula is C9H8ClN2. The van der Waals surface area contributed by atoms with E-state index < -0.39 is 0 Å². The topological polar surface area (TPSA) is 17.8 Å². The minimum atomic E-state index is 0.691. The van der Waals surface area contributed by atoms with Crippen molar-refractivity contribution in [3.8, 4) is 0 Å². The van der Waals surface area contributed by atoms with E-state index in [2.05, 4.69) is 18.2 Å². The molecule has 1 radical (unpaired) electrons. The molecule has 0 aliphatic rings. The number of aromatic nitrogens is 2. The number of imidazole rings is 1. The number of aryl methyl sites for hydroxylation is 1. The monoisotopic (exact) mass is 179 g/mol. The molecule has 0 saturated carbocycles. The first kappa shape index (κ1) is 7.62. The van der Waals surface area contributed by atoms with Gasteiger partial charge in [0.2, 0.25) is 0 Å². The first-order valence-corrected chi connectivity index (χ1v) is 4.23. The van der Waals surface area contributed by atoms with Gasteiger partial charge in [-0.1, -0.05) is 17.7 Å². The summed E-state index contributed by atoms with van der Waals surface area (Å²) < 4.78 is 1.95. The lowest BCUT2D eigenvalue weighted by molar-refractivity contribution is 0.780. The Morgan fingerprint density at radius 1 is 1.58 bits per heavy atom. The minimum absolute atomic E-state index is 0.691. The number of hydrogen-bond acceptors (Lipinski definition) is 1. The van der Waals surface area contributed by atoms with Crippen molar-refractivity contribution < 1.29 is 0 Å². The summed E-state index contributed by atoms with van der Waals surface area (Å²) in [6.45, 7) is 2.93. The van der Waals surface area contributed by atoms with E-state index in [0.29, 0.717) is 5.02 Å². The number of benzene rings is 1. The number of nitrogens with zero attached hydrogens (tertiary/aromatic N) is 2. The summed E-state index contributed by atoms with van der Waals surface area (Å²) in [6, 6.07) is 5.76. The Labute approximate surface area is 75.8 Å². The molecule has 2 aromatic rings. The van der Waals surface area contributed by atoms with Crippen LogP contribution in [0.1, 0.15) is 6.92 Å². The van der Waals surface area contributed by atoms with Crippen molar-refractivity contribution >= 4 is 22.6 Å². The smallest absolute Gasteiger partial charge is 0.177 e. The molecule has 0 atom stereocenters. The zero-order valence-corrected chi connectivity index (χ0v) is 7.47. The highest BCUT2D eigenvalue weighted by atomic mass is 35.5. The maximum absolute atomic E-state index is 5.93. The SMILES string of the molecule is CCn1[c]nc2c(Cl)cccc21. The average molecular weight is 180 g/mol. The Morgan fingerprint density at radius 3 is 3.17 bits per heavy atom. The molecule has 3 heteroatoms. The Morgan fingerprint density at radius 2 is 2.42 bits per heavy atom. The van der Waals surface area contributed by atoms with Crippen LogP contribution in [0.15, 0.2) is 18.2 Å². The molecule has 1 aromatic heterocycles. The van der Waals surface area contributed by atoms with Gasteiger partial charge in [0.1, 0.15) is 5.52 Å². The minimum Gasteiger partial charge on any atom is -0.322 e. The third kappa shape index (κ3) is 0.994. The molecule has 2 rings (SSSR count). The summed E-state index contributed by atoms with van der Waals surface area (Å²) >= 11 is 5.93. The summed E-state index contributed by atoms with van der Waals surface area (Å²) in [5.74, 6) is 0. The molecule has 12 heavy (non-hydrogen) atoms. The van der Waals surface area contributed by atoms with Gasteiger partial charge in [-0.2, -0.15) is 0 Å². The standard InChI is InChI=1S/C9H8ClN2/c1-2-12-6-11-9-7(10)4-3-5-8(9)12/h3-5H,2H2,1H3. The lowest BCUT2D eigenvalue weighted by Gasteiger charge is -1.97. The zero-order valence-electron chi connectivity index (χ0n) is 6.71. The van der Waals surface area contributed by atoms with Crippen molar-refractivity contribution in [1.82, 2.24) is 9.55 Å². The van der Waals surface area contributed by atoms with E-state index in [9.17, 15) is 0 Å². The molecule has 0 fully saturated rings. The highest BCUT2D eigenvalue weighted by Gasteiger charge is 2.03. The van der Waals surface area contributed by atoms with Crippen LogP contribution in [0.25, 0.3) is 11.0 Å². The summed E-state index contributed by atoms with van der Waals surface area (Å²) in [5, 5.41) is 0.691. The van der Waals surface area contributed by atoms with Gasteiger partial charge in [0.25, 0.3) is 0 Å². The maximum Gasteiger partial charge on any atom is 0.177 e. The van der Waals surface area contributed by atoms with Gasteiger partial charge in [-0.3, -0.25) is 0 Å². The van der Waals surface area contributed by atoms with Gasteiger partial charge in [0.15, 0.2) is 6.33 Å². The Hall–Kier alpha value is -1.02. The van der Waals surface area contributed by atoms with Gasteiger partial charge >= 0.3 is 0 Å². The predicted octanol–water partition coefficient (Wildman–Crippen LogP) is 2.51. The van der Waals surface area contributed by atoms with Crippen molar-refractivity contribution in [2.24, 2.45) is 0 Å². The number of hydrogen-bond donors (Lipinski definition) is 0. The average Bonchev–Trinajstić information content (AvgIpc) is 2.49. The molecule has 0 N–H and O–H groups in total. The summed E-state index contributed by atoms with van der Waals surface area (Å²) in [5.41, 5.74) is 1.88. The largest absolute Gasteiger partial charge is 0.322 e. The third-order valence-corrected chi connectivity index (χ3v) is 2.16. The fourth-order valence-corrected chi connectivity index (χ4v) is 1.45. The van der Waals surface area contributed by atoms with E-state index in [4.69, 9.17) is 11.6 Å². The molecular weight excluding hydrogens is 172 g/mol. The summed E-state index contributed by atoms with van der Waals surface area (Å²) in [7, 11) is 0. The Balaban J connectivity index is 2.80. The molecule has 61 valence electrons. The lowest BCUT2D eigenvalue weighted by Crippen LogP contribution is -1.90. The van der Waals surface area contributed by atoms with Crippen molar-refractivity contribution in [1.29, 1.82) is 0 Å². The van der Waals surface area contributed by atoms with Crippen LogP contribution < -0.4 is 0 Å². The maximum atomic E-state index is 5.93. The van der Waals surface area contributed by atoms with E-state index in [1.807, 2.05) is 22.8 Å². The normalized spacial score (nSPS) is 10.8. The van der Waals surface area contributed by atoms with Crippen LogP contribution in [0.5, 0.6) is 0 Å². The van der Waals surface area contributed by atoms with Gasteiger partial charge in [-0.15, -0.1) is 0 Å². The second-order valence-electron chi connectivity index (χ2n) is 2.56. The van der Waals surface area contributed by atoms with Gasteiger partial charge in [-0.25, -0.2) is 4.98 Å². The number of fused-ring (bicyclic) bond motifs is 1. The molecule has 0 amide bonds. The van der Waals surface area contributed by atoms with E-state index in [-0.39, 0.29) is 0 Å². The van der Waals surface area contributed by atoms with Crippen LogP contribution in [0.2, 0.25) is 5.02 Å². The van der Waals surface area contributed by atoms with E-state index in [1.165, 1.54) is 0 Å². The fraction of sp³-hybridized carbons (Fsp3) is 0.222.